The van der Waals surface area contributed by atoms with Crippen molar-refractivity contribution in [3.05, 3.63) is 12.5 Å². The number of halogens is 1. The molecule has 8 heteroatoms. The maximum atomic E-state index is 12.1. The Labute approximate surface area is 107 Å². The van der Waals surface area contributed by atoms with Crippen LogP contribution in [0, 0.1) is 0 Å². The van der Waals surface area contributed by atoms with Crippen LogP contribution >= 0.6 is 12.4 Å². The summed E-state index contributed by atoms with van der Waals surface area (Å²) in [5, 5.41) is 0.116. The van der Waals surface area contributed by atoms with Crippen molar-refractivity contribution in [3.8, 4) is 0 Å². The fourth-order valence-electron chi connectivity index (χ4n) is 1.77. The Morgan fingerprint density at radius 2 is 2.00 bits per heavy atom. The Morgan fingerprint density at radius 1 is 1.41 bits per heavy atom. The molecule has 0 atom stereocenters. The second kappa shape index (κ2) is 5.34. The summed E-state index contributed by atoms with van der Waals surface area (Å²) in [5.41, 5.74) is 5.74. The third-order valence-electron chi connectivity index (χ3n) is 2.78. The second-order valence-corrected chi connectivity index (χ2v) is 6.00. The molecule has 0 aliphatic carbocycles. The van der Waals surface area contributed by atoms with Crippen molar-refractivity contribution in [1.82, 2.24) is 13.9 Å². The number of rotatable bonds is 2. The quantitative estimate of drug-likeness (QED) is 0.824. The van der Waals surface area contributed by atoms with Gasteiger partial charge in [0.05, 0.1) is 6.33 Å². The van der Waals surface area contributed by atoms with E-state index in [0.717, 1.165) is 0 Å². The molecule has 2 rings (SSSR count). The van der Waals surface area contributed by atoms with Crippen LogP contribution in [0.25, 0.3) is 0 Å². The molecule has 17 heavy (non-hydrogen) atoms. The van der Waals surface area contributed by atoms with Crippen molar-refractivity contribution < 1.29 is 8.42 Å². The molecule has 6 nitrogen and oxygen atoms in total. The number of nitrogens with zero attached hydrogens (tertiary/aromatic N) is 3. The summed E-state index contributed by atoms with van der Waals surface area (Å²) in [6.45, 7) is 0.972. The molecule has 2 N–H and O–H groups in total. The molecular formula is C9H17ClN4O2S. The van der Waals surface area contributed by atoms with E-state index in [4.69, 9.17) is 5.73 Å². The fourth-order valence-corrected chi connectivity index (χ4v) is 3.21. The van der Waals surface area contributed by atoms with Crippen molar-refractivity contribution >= 4 is 22.4 Å². The van der Waals surface area contributed by atoms with Gasteiger partial charge in [-0.2, -0.15) is 4.31 Å². The Morgan fingerprint density at radius 3 is 2.47 bits per heavy atom. The first kappa shape index (κ1) is 14.4. The molecule has 1 aliphatic heterocycles. The van der Waals surface area contributed by atoms with Crippen molar-refractivity contribution in [3.63, 3.8) is 0 Å². The summed E-state index contributed by atoms with van der Waals surface area (Å²) < 4.78 is 27.3. The molecule has 98 valence electrons. The lowest BCUT2D eigenvalue weighted by atomic mass is 10.1. The highest BCUT2D eigenvalue weighted by molar-refractivity contribution is 7.89. The summed E-state index contributed by atoms with van der Waals surface area (Å²) in [5.74, 6) is 0. The third kappa shape index (κ3) is 2.98. The number of sulfonamides is 1. The highest BCUT2D eigenvalue weighted by atomic mass is 35.5. The minimum absolute atomic E-state index is 0. The molecule has 1 aromatic heterocycles. The SMILES string of the molecule is Cl.Cn1cnc(S(=O)(=O)N2CCC(N)CC2)c1. The number of hydrogen-bond donors (Lipinski definition) is 1. The number of piperidine rings is 1. The first-order chi connectivity index (χ1) is 7.50. The van der Waals surface area contributed by atoms with Crippen LogP contribution in [0.5, 0.6) is 0 Å². The average Bonchev–Trinajstić information content (AvgIpc) is 2.66. The minimum Gasteiger partial charge on any atom is -0.339 e. The van der Waals surface area contributed by atoms with Gasteiger partial charge in [-0.25, -0.2) is 13.4 Å². The van der Waals surface area contributed by atoms with Crippen LogP contribution in [0.2, 0.25) is 0 Å². The van der Waals surface area contributed by atoms with Crippen molar-refractivity contribution in [2.45, 2.75) is 23.9 Å². The third-order valence-corrected chi connectivity index (χ3v) is 4.57. The Kier molecular flexibility index (Phi) is 4.54. The number of imidazole rings is 1. The van der Waals surface area contributed by atoms with Crippen LogP contribution in [0.3, 0.4) is 0 Å². The summed E-state index contributed by atoms with van der Waals surface area (Å²) in [6, 6.07) is 0.121. The predicted molar refractivity (Wildman–Crippen MR) is 66.4 cm³/mol. The number of aryl methyl sites for hydroxylation is 1. The van der Waals surface area contributed by atoms with Gasteiger partial charge in [0.1, 0.15) is 0 Å². The van der Waals surface area contributed by atoms with Gasteiger partial charge in [0.25, 0.3) is 10.0 Å². The molecular weight excluding hydrogens is 264 g/mol. The van der Waals surface area contributed by atoms with E-state index in [1.54, 1.807) is 11.6 Å². The molecule has 0 radical (unpaired) electrons. The largest absolute Gasteiger partial charge is 0.339 e. The van der Waals surface area contributed by atoms with E-state index in [0.29, 0.717) is 25.9 Å². The van der Waals surface area contributed by atoms with Crippen LogP contribution in [0.15, 0.2) is 17.6 Å². The van der Waals surface area contributed by atoms with Crippen molar-refractivity contribution in [2.75, 3.05) is 13.1 Å². The van der Waals surface area contributed by atoms with Gasteiger partial charge in [0.2, 0.25) is 0 Å². The zero-order valence-electron chi connectivity index (χ0n) is 9.61. The smallest absolute Gasteiger partial charge is 0.262 e. The van der Waals surface area contributed by atoms with Gasteiger partial charge in [0.15, 0.2) is 5.03 Å². The van der Waals surface area contributed by atoms with Crippen LogP contribution < -0.4 is 5.73 Å². The van der Waals surface area contributed by atoms with E-state index in [1.165, 1.54) is 16.8 Å². The highest BCUT2D eigenvalue weighted by Gasteiger charge is 2.29. The molecule has 0 amide bonds. The standard InChI is InChI=1S/C9H16N4O2S.ClH/c1-12-6-9(11-7-12)16(14,15)13-4-2-8(10)3-5-13;/h6-8H,2-5,10H2,1H3;1H. The molecule has 0 aromatic carbocycles. The Hall–Kier alpha value is -0.630. The van der Waals surface area contributed by atoms with Crippen LogP contribution in [-0.4, -0.2) is 41.4 Å². The predicted octanol–water partition coefficient (Wildman–Crippen LogP) is -0.0463. The summed E-state index contributed by atoms with van der Waals surface area (Å²) >= 11 is 0. The zero-order chi connectivity index (χ0) is 11.8. The second-order valence-electron chi connectivity index (χ2n) is 4.12. The van der Waals surface area contributed by atoms with Gasteiger partial charge in [-0.1, -0.05) is 0 Å². The molecule has 0 unspecified atom stereocenters. The van der Waals surface area contributed by atoms with Gasteiger partial charge in [-0.05, 0) is 12.8 Å². The van der Waals surface area contributed by atoms with E-state index in [1.807, 2.05) is 0 Å². The highest BCUT2D eigenvalue weighted by Crippen LogP contribution is 2.18. The number of nitrogens with two attached hydrogens (primary N) is 1. The monoisotopic (exact) mass is 280 g/mol. The van der Waals surface area contributed by atoms with E-state index < -0.39 is 10.0 Å². The fraction of sp³-hybridized carbons (Fsp3) is 0.667. The van der Waals surface area contributed by atoms with E-state index in [2.05, 4.69) is 4.98 Å². The topological polar surface area (TPSA) is 81.2 Å². The van der Waals surface area contributed by atoms with E-state index in [-0.39, 0.29) is 23.5 Å². The summed E-state index contributed by atoms with van der Waals surface area (Å²) in [4.78, 5) is 3.88. The van der Waals surface area contributed by atoms with Gasteiger partial charge >= 0.3 is 0 Å². The van der Waals surface area contributed by atoms with Crippen LogP contribution in [0.1, 0.15) is 12.8 Å². The molecule has 1 saturated heterocycles. The first-order valence-corrected chi connectivity index (χ1v) is 6.68. The lowest BCUT2D eigenvalue weighted by molar-refractivity contribution is 0.319. The molecule has 1 aromatic rings. The van der Waals surface area contributed by atoms with Crippen molar-refractivity contribution in [2.24, 2.45) is 12.8 Å². The Bertz CT molecular complexity index is 465. The maximum absolute atomic E-state index is 12.1. The number of aromatic nitrogens is 2. The van der Waals surface area contributed by atoms with Gasteiger partial charge in [-0.3, -0.25) is 0 Å². The molecule has 0 saturated carbocycles. The normalized spacial score (nSPS) is 18.9. The lowest BCUT2D eigenvalue weighted by Crippen LogP contribution is -2.42. The molecule has 0 spiro atoms. The number of hydrogen-bond acceptors (Lipinski definition) is 4. The van der Waals surface area contributed by atoms with E-state index in [9.17, 15) is 8.42 Å². The van der Waals surface area contributed by atoms with Crippen LogP contribution in [-0.2, 0) is 17.1 Å². The maximum Gasteiger partial charge on any atom is 0.262 e. The van der Waals surface area contributed by atoms with Gasteiger partial charge in [0, 0.05) is 32.4 Å². The molecule has 1 aliphatic rings. The summed E-state index contributed by atoms with van der Waals surface area (Å²) in [6.07, 6.45) is 4.44. The molecule has 2 heterocycles. The average molecular weight is 281 g/mol. The van der Waals surface area contributed by atoms with E-state index >= 15 is 0 Å². The minimum atomic E-state index is -3.42. The van der Waals surface area contributed by atoms with Gasteiger partial charge < -0.3 is 10.3 Å². The van der Waals surface area contributed by atoms with Gasteiger partial charge in [-0.15, -0.1) is 12.4 Å². The summed E-state index contributed by atoms with van der Waals surface area (Å²) in [7, 11) is -1.67. The Balaban J connectivity index is 0.00000144. The first-order valence-electron chi connectivity index (χ1n) is 5.24. The molecule has 1 fully saturated rings. The zero-order valence-corrected chi connectivity index (χ0v) is 11.2. The lowest BCUT2D eigenvalue weighted by Gasteiger charge is -2.28. The molecule has 0 bridgehead atoms. The van der Waals surface area contributed by atoms with Crippen LogP contribution in [0.4, 0.5) is 0 Å². The van der Waals surface area contributed by atoms with Crippen molar-refractivity contribution in [1.29, 1.82) is 0 Å².